The van der Waals surface area contributed by atoms with Gasteiger partial charge in [-0.3, -0.25) is 0 Å². The van der Waals surface area contributed by atoms with E-state index in [0.717, 1.165) is 28.3 Å². The third-order valence-corrected chi connectivity index (χ3v) is 5.42. The van der Waals surface area contributed by atoms with Gasteiger partial charge in [0.15, 0.2) is 0 Å². The lowest BCUT2D eigenvalue weighted by Crippen LogP contribution is -2.37. The number of aromatic nitrogens is 1. The lowest BCUT2D eigenvalue weighted by Gasteiger charge is -2.22. The van der Waals surface area contributed by atoms with Gasteiger partial charge in [0.1, 0.15) is 17.1 Å². The Morgan fingerprint density at radius 2 is 1.77 bits per heavy atom. The molecule has 7 nitrogen and oxygen atoms in total. The second kappa shape index (κ2) is 11.9. The van der Waals surface area contributed by atoms with Gasteiger partial charge in [-0.1, -0.05) is 30.3 Å². The van der Waals surface area contributed by atoms with Crippen LogP contribution in [-0.4, -0.2) is 34.4 Å². The molecule has 0 radical (unpaired) electrons. The number of rotatable bonds is 10. The molecule has 188 valence electrons. The number of hydrogen-bond acceptors (Lipinski definition) is 6. The zero-order valence-electron chi connectivity index (χ0n) is 21.2. The molecule has 3 rings (SSSR count). The summed E-state index contributed by atoms with van der Waals surface area (Å²) in [6.45, 7) is 9.75. The summed E-state index contributed by atoms with van der Waals surface area (Å²) < 4.78 is 16.9. The first-order chi connectivity index (χ1) is 16.6. The summed E-state index contributed by atoms with van der Waals surface area (Å²) in [7, 11) is 0. The molecule has 2 N–H and O–H groups in total. The lowest BCUT2D eigenvalue weighted by molar-refractivity contribution is 0.0500. The monoisotopic (exact) mass is 480 g/mol. The van der Waals surface area contributed by atoms with Gasteiger partial charge in [-0.25, -0.2) is 9.78 Å². The molecular formula is C28H36N2O5. The molecule has 0 spiro atoms. The topological polar surface area (TPSA) is 93.8 Å². The minimum Gasteiger partial charge on any atom is -0.493 e. The number of amides is 1. The van der Waals surface area contributed by atoms with E-state index >= 15 is 0 Å². The van der Waals surface area contributed by atoms with E-state index in [1.165, 1.54) is 0 Å². The Morgan fingerprint density at radius 3 is 2.43 bits per heavy atom. The van der Waals surface area contributed by atoms with Gasteiger partial charge >= 0.3 is 6.09 Å². The standard InChI is InChI=1S/C28H36N2O5/c1-19(29-27(32)35-28(3,4)5)11-16-25(31)21-12-14-23(15-13-21)33-18-17-24-20(2)34-26(30-24)22-9-7-6-8-10-22/h6-10,12-15,19,25,31H,11,16-18H2,1-5H3,(H,29,32)/t19-,25-/m1/s1. The van der Waals surface area contributed by atoms with Crippen LogP contribution >= 0.6 is 0 Å². The normalized spacial score (nSPS) is 13.2. The number of aliphatic hydroxyl groups is 1. The summed E-state index contributed by atoms with van der Waals surface area (Å²) in [6, 6.07) is 17.1. The molecule has 1 aromatic heterocycles. The highest BCUT2D eigenvalue weighted by molar-refractivity contribution is 5.68. The number of nitrogens with one attached hydrogen (secondary N) is 1. The van der Waals surface area contributed by atoms with Crippen LogP contribution in [0.5, 0.6) is 5.75 Å². The molecule has 0 aliphatic rings. The molecule has 7 heteroatoms. The van der Waals surface area contributed by atoms with Crippen molar-refractivity contribution >= 4 is 6.09 Å². The van der Waals surface area contributed by atoms with Crippen molar-refractivity contribution in [1.82, 2.24) is 10.3 Å². The summed E-state index contributed by atoms with van der Waals surface area (Å²) in [5.74, 6) is 2.14. The Hall–Kier alpha value is -3.32. The van der Waals surface area contributed by atoms with E-state index in [2.05, 4.69) is 10.3 Å². The maximum Gasteiger partial charge on any atom is 0.407 e. The van der Waals surface area contributed by atoms with E-state index in [1.807, 2.05) is 89.2 Å². The minimum atomic E-state index is -0.624. The highest BCUT2D eigenvalue weighted by Crippen LogP contribution is 2.24. The number of carbonyl (C=O) groups excluding carboxylic acids is 1. The molecule has 0 unspecified atom stereocenters. The van der Waals surface area contributed by atoms with Gasteiger partial charge in [-0.05, 0) is 77.3 Å². The molecule has 1 heterocycles. The Morgan fingerprint density at radius 1 is 1.09 bits per heavy atom. The number of carbonyl (C=O) groups is 1. The first-order valence-corrected chi connectivity index (χ1v) is 12.0. The van der Waals surface area contributed by atoms with Gasteiger partial charge in [0, 0.05) is 18.0 Å². The maximum atomic E-state index is 11.9. The van der Waals surface area contributed by atoms with E-state index in [-0.39, 0.29) is 6.04 Å². The van der Waals surface area contributed by atoms with E-state index in [4.69, 9.17) is 13.9 Å². The number of ether oxygens (including phenoxy) is 2. The predicted octanol–water partition coefficient (Wildman–Crippen LogP) is 6.00. The summed E-state index contributed by atoms with van der Waals surface area (Å²) in [5, 5.41) is 13.3. The molecule has 0 aliphatic carbocycles. The molecule has 0 aliphatic heterocycles. The Balaban J connectivity index is 1.43. The van der Waals surface area contributed by atoms with Crippen LogP contribution in [0.25, 0.3) is 11.5 Å². The third kappa shape index (κ3) is 8.44. The van der Waals surface area contributed by atoms with Crippen molar-refractivity contribution in [3.05, 3.63) is 71.6 Å². The van der Waals surface area contributed by atoms with Crippen LogP contribution in [0.3, 0.4) is 0 Å². The van der Waals surface area contributed by atoms with E-state index in [1.54, 1.807) is 0 Å². The molecule has 0 saturated heterocycles. The first kappa shape index (κ1) is 26.3. The van der Waals surface area contributed by atoms with Crippen molar-refractivity contribution in [2.75, 3.05) is 6.61 Å². The molecular weight excluding hydrogens is 444 g/mol. The number of nitrogens with zero attached hydrogens (tertiary/aromatic N) is 1. The van der Waals surface area contributed by atoms with E-state index < -0.39 is 17.8 Å². The summed E-state index contributed by atoms with van der Waals surface area (Å²) in [6.07, 6.45) is 0.710. The van der Waals surface area contributed by atoms with Gasteiger partial charge in [-0.2, -0.15) is 0 Å². The van der Waals surface area contributed by atoms with Gasteiger partial charge in [0.2, 0.25) is 5.89 Å². The Kier molecular flexibility index (Phi) is 8.93. The smallest absolute Gasteiger partial charge is 0.407 e. The number of aliphatic hydroxyl groups excluding tert-OH is 1. The molecule has 2 aromatic carbocycles. The van der Waals surface area contributed by atoms with Crippen molar-refractivity contribution in [2.45, 2.75) is 71.6 Å². The van der Waals surface area contributed by atoms with Gasteiger partial charge in [0.25, 0.3) is 0 Å². The fourth-order valence-corrected chi connectivity index (χ4v) is 3.57. The molecule has 0 saturated carbocycles. The fraction of sp³-hybridized carbons (Fsp3) is 0.429. The SMILES string of the molecule is Cc1oc(-c2ccccc2)nc1CCOc1ccc([C@H](O)CC[C@@H](C)NC(=O)OC(C)(C)C)cc1. The van der Waals surface area contributed by atoms with Crippen LogP contribution in [0.1, 0.15) is 63.7 Å². The minimum absolute atomic E-state index is 0.107. The first-order valence-electron chi connectivity index (χ1n) is 12.0. The largest absolute Gasteiger partial charge is 0.493 e. The zero-order chi connectivity index (χ0) is 25.4. The molecule has 3 aromatic rings. The number of benzene rings is 2. The third-order valence-electron chi connectivity index (χ3n) is 5.42. The number of oxazole rings is 1. The average molecular weight is 481 g/mol. The number of hydrogen-bond donors (Lipinski definition) is 2. The van der Waals surface area contributed by atoms with Crippen LogP contribution in [0.2, 0.25) is 0 Å². The zero-order valence-corrected chi connectivity index (χ0v) is 21.2. The Labute approximate surface area is 207 Å². The molecule has 35 heavy (non-hydrogen) atoms. The van der Waals surface area contributed by atoms with Crippen LogP contribution in [0.4, 0.5) is 4.79 Å². The highest BCUT2D eigenvalue weighted by Gasteiger charge is 2.18. The molecule has 0 fully saturated rings. The van der Waals surface area contributed by atoms with Crippen LogP contribution in [0.15, 0.2) is 59.0 Å². The van der Waals surface area contributed by atoms with Crippen molar-refractivity contribution < 1.29 is 23.8 Å². The Bertz CT molecular complexity index is 1070. The summed E-state index contributed by atoms with van der Waals surface area (Å²) >= 11 is 0. The second-order valence-corrected chi connectivity index (χ2v) is 9.70. The molecule has 2 atom stereocenters. The lowest BCUT2D eigenvalue weighted by atomic mass is 10.0. The quantitative estimate of drug-likeness (QED) is 0.370. The molecule has 0 bridgehead atoms. The molecule has 1 amide bonds. The predicted molar refractivity (Wildman–Crippen MR) is 135 cm³/mol. The average Bonchev–Trinajstić information content (AvgIpc) is 3.17. The van der Waals surface area contributed by atoms with Crippen molar-refractivity contribution in [1.29, 1.82) is 0 Å². The van der Waals surface area contributed by atoms with Crippen molar-refractivity contribution in [3.63, 3.8) is 0 Å². The maximum absolute atomic E-state index is 11.9. The number of alkyl carbamates (subject to hydrolysis) is 1. The van der Waals surface area contributed by atoms with E-state index in [9.17, 15) is 9.90 Å². The van der Waals surface area contributed by atoms with Crippen molar-refractivity contribution in [3.8, 4) is 17.2 Å². The summed E-state index contributed by atoms with van der Waals surface area (Å²) in [4.78, 5) is 16.5. The van der Waals surface area contributed by atoms with E-state index in [0.29, 0.717) is 31.8 Å². The van der Waals surface area contributed by atoms with Crippen LogP contribution in [-0.2, 0) is 11.2 Å². The van der Waals surface area contributed by atoms with Gasteiger partial charge in [0.05, 0.1) is 18.4 Å². The fourth-order valence-electron chi connectivity index (χ4n) is 3.57. The van der Waals surface area contributed by atoms with Crippen LogP contribution in [0, 0.1) is 6.92 Å². The number of aryl methyl sites for hydroxylation is 1. The van der Waals surface area contributed by atoms with Crippen molar-refractivity contribution in [2.24, 2.45) is 0 Å². The van der Waals surface area contributed by atoms with Crippen LogP contribution < -0.4 is 10.1 Å². The van der Waals surface area contributed by atoms with Gasteiger partial charge in [-0.15, -0.1) is 0 Å². The van der Waals surface area contributed by atoms with Gasteiger partial charge < -0.3 is 24.3 Å². The second-order valence-electron chi connectivity index (χ2n) is 9.70. The highest BCUT2D eigenvalue weighted by atomic mass is 16.6. The summed E-state index contributed by atoms with van der Waals surface area (Å²) in [5.41, 5.74) is 2.10.